The van der Waals surface area contributed by atoms with Gasteiger partial charge in [-0.15, -0.1) is 0 Å². The second-order valence-corrected chi connectivity index (χ2v) is 9.29. The van der Waals surface area contributed by atoms with Crippen molar-refractivity contribution in [1.82, 2.24) is 5.32 Å². The Morgan fingerprint density at radius 2 is 1.78 bits per heavy atom. The molecule has 0 bridgehead atoms. The van der Waals surface area contributed by atoms with Crippen LogP contribution in [0, 0.1) is 6.92 Å². The number of amides is 2. The molecule has 3 aromatic carbocycles. The summed E-state index contributed by atoms with van der Waals surface area (Å²) >= 11 is 1.49. The van der Waals surface area contributed by atoms with Gasteiger partial charge in [0.2, 0.25) is 0 Å². The smallest absolute Gasteiger partial charge is 0.265 e. The van der Waals surface area contributed by atoms with Crippen molar-refractivity contribution in [1.29, 1.82) is 0 Å². The molecule has 0 aromatic heterocycles. The zero-order chi connectivity index (χ0) is 22.7. The third-order valence-corrected chi connectivity index (χ3v) is 6.22. The molecule has 0 atom stereocenters. The van der Waals surface area contributed by atoms with Gasteiger partial charge < -0.3 is 10.2 Å². The molecule has 32 heavy (non-hydrogen) atoms. The Kier molecular flexibility index (Phi) is 6.47. The zero-order valence-electron chi connectivity index (χ0n) is 18.5. The lowest BCUT2D eigenvalue weighted by molar-refractivity contribution is -0.114. The van der Waals surface area contributed by atoms with E-state index < -0.39 is 0 Å². The van der Waals surface area contributed by atoms with Crippen molar-refractivity contribution in [3.05, 3.63) is 100.0 Å². The number of nitrogens with one attached hydrogen (secondary N) is 1. The van der Waals surface area contributed by atoms with Gasteiger partial charge >= 0.3 is 0 Å². The first kappa shape index (κ1) is 21.9. The van der Waals surface area contributed by atoms with Crippen LogP contribution >= 0.6 is 11.8 Å². The van der Waals surface area contributed by atoms with Gasteiger partial charge in [0.05, 0.1) is 17.1 Å². The molecule has 5 heteroatoms. The summed E-state index contributed by atoms with van der Waals surface area (Å²) in [6, 6.07) is 23.7. The van der Waals surface area contributed by atoms with Gasteiger partial charge in [-0.05, 0) is 62.2 Å². The van der Waals surface area contributed by atoms with Crippen molar-refractivity contribution in [3.63, 3.8) is 0 Å². The molecule has 3 aromatic rings. The number of benzene rings is 3. The van der Waals surface area contributed by atoms with E-state index in [1.807, 2.05) is 67.3 Å². The van der Waals surface area contributed by atoms with E-state index in [1.165, 1.54) is 17.3 Å². The first-order valence-electron chi connectivity index (χ1n) is 10.7. The number of aryl methyl sites for hydroxylation is 1. The van der Waals surface area contributed by atoms with Crippen LogP contribution in [0.1, 0.15) is 40.9 Å². The lowest BCUT2D eigenvalue weighted by Gasteiger charge is -2.30. The molecule has 0 aliphatic carbocycles. The molecule has 1 aliphatic heterocycles. The highest BCUT2D eigenvalue weighted by molar-refractivity contribution is 8.04. The number of carbonyl (C=O) groups is 2. The Morgan fingerprint density at radius 1 is 1.03 bits per heavy atom. The lowest BCUT2D eigenvalue weighted by Crippen LogP contribution is -2.33. The van der Waals surface area contributed by atoms with Crippen molar-refractivity contribution >= 4 is 35.3 Å². The summed E-state index contributed by atoms with van der Waals surface area (Å²) in [6.07, 6.45) is 1.90. The van der Waals surface area contributed by atoms with Gasteiger partial charge in [-0.1, -0.05) is 65.9 Å². The van der Waals surface area contributed by atoms with Crippen molar-refractivity contribution in [3.8, 4) is 0 Å². The molecule has 162 valence electrons. The Labute approximate surface area is 193 Å². The quantitative estimate of drug-likeness (QED) is 0.507. The Morgan fingerprint density at radius 3 is 2.50 bits per heavy atom. The standard InChI is InChI=1S/C27H26N2O2S/c1-18(2)28-26(30)22-13-11-20(12-14-22)16-25-27(31)29(17-21-8-6-7-19(3)15-21)23-9-4-5-10-24(23)32-25/h4-16,18H,17H2,1-3H3,(H,28,30)/b25-16+. The van der Waals surface area contributed by atoms with Crippen LogP contribution in [0.15, 0.2) is 82.6 Å². The van der Waals surface area contributed by atoms with Crippen molar-refractivity contribution < 1.29 is 9.59 Å². The highest BCUT2D eigenvalue weighted by atomic mass is 32.2. The highest BCUT2D eigenvalue weighted by Gasteiger charge is 2.29. The van der Waals surface area contributed by atoms with Crippen LogP contribution in [-0.4, -0.2) is 17.9 Å². The van der Waals surface area contributed by atoms with Gasteiger partial charge in [0.1, 0.15) is 0 Å². The summed E-state index contributed by atoms with van der Waals surface area (Å²) < 4.78 is 0. The predicted octanol–water partition coefficient (Wildman–Crippen LogP) is 5.81. The number of hydrogen-bond acceptors (Lipinski definition) is 3. The maximum Gasteiger partial charge on any atom is 0.265 e. The van der Waals surface area contributed by atoms with Crippen LogP contribution < -0.4 is 10.2 Å². The van der Waals surface area contributed by atoms with Crippen LogP contribution in [0.5, 0.6) is 0 Å². The van der Waals surface area contributed by atoms with E-state index in [4.69, 9.17) is 0 Å². The molecule has 2 amide bonds. The van der Waals surface area contributed by atoms with Crippen LogP contribution in [0.25, 0.3) is 6.08 Å². The Bertz CT molecular complexity index is 1180. The molecule has 0 saturated heterocycles. The Balaban J connectivity index is 1.63. The van der Waals surface area contributed by atoms with E-state index in [0.29, 0.717) is 17.0 Å². The third kappa shape index (κ3) is 4.94. The minimum absolute atomic E-state index is 0.0168. The second kappa shape index (κ2) is 9.45. The average Bonchev–Trinajstić information content (AvgIpc) is 2.76. The molecule has 0 unspecified atom stereocenters. The van der Waals surface area contributed by atoms with Gasteiger partial charge in [0, 0.05) is 16.5 Å². The van der Waals surface area contributed by atoms with E-state index in [2.05, 4.69) is 30.4 Å². The van der Waals surface area contributed by atoms with E-state index >= 15 is 0 Å². The monoisotopic (exact) mass is 442 g/mol. The van der Waals surface area contributed by atoms with Crippen LogP contribution in [0.2, 0.25) is 0 Å². The number of rotatable bonds is 5. The number of thioether (sulfide) groups is 1. The van der Waals surface area contributed by atoms with Crippen molar-refractivity contribution in [2.24, 2.45) is 0 Å². The molecule has 4 rings (SSSR count). The molecule has 0 saturated carbocycles. The fraction of sp³-hybridized carbons (Fsp3) is 0.185. The van der Waals surface area contributed by atoms with Gasteiger partial charge in [0.25, 0.3) is 11.8 Å². The zero-order valence-corrected chi connectivity index (χ0v) is 19.3. The van der Waals surface area contributed by atoms with E-state index in [9.17, 15) is 9.59 Å². The Hall–Kier alpha value is -3.31. The topological polar surface area (TPSA) is 49.4 Å². The van der Waals surface area contributed by atoms with Gasteiger partial charge in [-0.2, -0.15) is 0 Å². The molecule has 1 aliphatic rings. The van der Waals surface area contributed by atoms with Gasteiger partial charge in [0.15, 0.2) is 0 Å². The number of para-hydroxylation sites is 1. The number of anilines is 1. The fourth-order valence-corrected chi connectivity index (χ4v) is 4.70. The predicted molar refractivity (Wildman–Crippen MR) is 132 cm³/mol. The maximum atomic E-state index is 13.5. The molecule has 0 radical (unpaired) electrons. The molecule has 0 fully saturated rings. The maximum absolute atomic E-state index is 13.5. The molecular weight excluding hydrogens is 416 g/mol. The van der Waals surface area contributed by atoms with Gasteiger partial charge in [-0.25, -0.2) is 0 Å². The lowest BCUT2D eigenvalue weighted by atomic mass is 10.1. The number of nitrogens with zero attached hydrogens (tertiary/aromatic N) is 1. The third-order valence-electron chi connectivity index (χ3n) is 5.15. The molecule has 1 heterocycles. The van der Waals surface area contributed by atoms with Crippen molar-refractivity contribution in [2.45, 2.75) is 38.3 Å². The number of carbonyl (C=O) groups excluding carboxylic acids is 2. The number of fused-ring (bicyclic) bond motifs is 1. The molecule has 1 N–H and O–H groups in total. The number of hydrogen-bond donors (Lipinski definition) is 1. The molecule has 0 spiro atoms. The molecular formula is C27H26N2O2S. The van der Waals surface area contributed by atoms with Crippen LogP contribution in [0.4, 0.5) is 5.69 Å². The minimum atomic E-state index is -0.0967. The van der Waals surface area contributed by atoms with Crippen LogP contribution in [0.3, 0.4) is 0 Å². The van der Waals surface area contributed by atoms with E-state index in [1.54, 1.807) is 12.1 Å². The summed E-state index contributed by atoms with van der Waals surface area (Å²) in [5.41, 5.74) is 4.69. The fourth-order valence-electron chi connectivity index (χ4n) is 3.64. The largest absolute Gasteiger partial charge is 0.350 e. The first-order chi connectivity index (χ1) is 15.4. The second-order valence-electron chi connectivity index (χ2n) is 8.21. The minimum Gasteiger partial charge on any atom is -0.350 e. The normalized spacial score (nSPS) is 14.6. The summed E-state index contributed by atoms with van der Waals surface area (Å²) in [5.74, 6) is -0.114. The summed E-state index contributed by atoms with van der Waals surface area (Å²) in [5, 5.41) is 2.89. The highest BCUT2D eigenvalue weighted by Crippen LogP contribution is 2.42. The molecule has 4 nitrogen and oxygen atoms in total. The first-order valence-corrected chi connectivity index (χ1v) is 11.5. The summed E-state index contributed by atoms with van der Waals surface area (Å²) in [6.45, 7) is 6.44. The van der Waals surface area contributed by atoms with E-state index in [0.717, 1.165) is 21.7 Å². The van der Waals surface area contributed by atoms with Crippen molar-refractivity contribution in [2.75, 3.05) is 4.90 Å². The summed E-state index contributed by atoms with van der Waals surface area (Å²) in [4.78, 5) is 29.2. The van der Waals surface area contributed by atoms with Crippen LogP contribution in [-0.2, 0) is 11.3 Å². The summed E-state index contributed by atoms with van der Waals surface area (Å²) in [7, 11) is 0. The van der Waals surface area contributed by atoms with E-state index in [-0.39, 0.29) is 17.9 Å². The van der Waals surface area contributed by atoms with Gasteiger partial charge in [-0.3, -0.25) is 9.59 Å². The average molecular weight is 443 g/mol. The SMILES string of the molecule is Cc1cccc(CN2C(=O)/C(=C\c3ccc(C(=O)NC(C)C)cc3)Sc3ccccc32)c1.